The van der Waals surface area contributed by atoms with E-state index in [2.05, 4.69) is 31.1 Å². The molecule has 8 heteroatoms. The molecule has 0 radical (unpaired) electrons. The van der Waals surface area contributed by atoms with Gasteiger partial charge in [0.25, 0.3) is 0 Å². The number of rotatable bonds is 6. The minimum absolute atomic E-state index is 0.250. The molecule has 0 amide bonds. The third-order valence-electron chi connectivity index (χ3n) is 4.01. The van der Waals surface area contributed by atoms with Crippen molar-refractivity contribution in [2.75, 3.05) is 6.61 Å². The van der Waals surface area contributed by atoms with Crippen LogP contribution < -0.4 is 0 Å². The number of esters is 1. The Morgan fingerprint density at radius 2 is 2.32 bits per heavy atom. The van der Waals surface area contributed by atoms with Crippen LogP contribution in [0.3, 0.4) is 0 Å². The Hall–Kier alpha value is -1.80. The topological polar surface area (TPSA) is 81.0 Å². The Morgan fingerprint density at radius 3 is 3.08 bits per heavy atom. The number of benzene rings is 1. The summed E-state index contributed by atoms with van der Waals surface area (Å²) in [6, 6.07) is 5.67. The molecule has 0 unspecified atom stereocenters. The number of furan rings is 1. The molecule has 0 bridgehead atoms. The summed E-state index contributed by atoms with van der Waals surface area (Å²) in [6.45, 7) is 2.08. The smallest absolute Gasteiger partial charge is 0.374 e. The first-order valence-electron chi connectivity index (χ1n) is 8.09. The van der Waals surface area contributed by atoms with Crippen molar-refractivity contribution in [2.45, 2.75) is 36.6 Å². The Kier molecular flexibility index (Phi) is 4.56. The van der Waals surface area contributed by atoms with Crippen LogP contribution in [0.15, 0.2) is 32.2 Å². The van der Waals surface area contributed by atoms with Gasteiger partial charge in [0.1, 0.15) is 11.4 Å². The standard InChI is InChI=1S/C17H16BrN3O3S/c1-2-23-16(22)14-12(11-7-10(18)5-6-13(11)24-14)8-25-17-19-15(20-21-17)9-3-4-9/h5-7,9H,2-4,8H2,1H3,(H,19,20,21). The second-order valence-corrected chi connectivity index (χ2v) is 7.70. The van der Waals surface area contributed by atoms with Gasteiger partial charge < -0.3 is 9.15 Å². The summed E-state index contributed by atoms with van der Waals surface area (Å²) in [5.74, 6) is 1.81. The van der Waals surface area contributed by atoms with Crippen molar-refractivity contribution in [1.29, 1.82) is 0 Å². The van der Waals surface area contributed by atoms with Gasteiger partial charge in [-0.3, -0.25) is 5.10 Å². The molecule has 130 valence electrons. The maximum atomic E-state index is 12.3. The first-order chi connectivity index (χ1) is 12.2. The highest BCUT2D eigenvalue weighted by molar-refractivity contribution is 9.10. The lowest BCUT2D eigenvalue weighted by Crippen LogP contribution is -2.05. The van der Waals surface area contributed by atoms with Crippen molar-refractivity contribution in [2.24, 2.45) is 0 Å². The van der Waals surface area contributed by atoms with Gasteiger partial charge >= 0.3 is 5.97 Å². The lowest BCUT2D eigenvalue weighted by Gasteiger charge is -2.02. The molecule has 0 spiro atoms. The molecule has 6 nitrogen and oxygen atoms in total. The summed E-state index contributed by atoms with van der Waals surface area (Å²) in [6.07, 6.45) is 2.35. The van der Waals surface area contributed by atoms with Gasteiger partial charge in [0.15, 0.2) is 0 Å². The van der Waals surface area contributed by atoms with Gasteiger partial charge in [-0.25, -0.2) is 9.78 Å². The minimum Gasteiger partial charge on any atom is -0.460 e. The maximum absolute atomic E-state index is 12.3. The third-order valence-corrected chi connectivity index (χ3v) is 5.37. The molecule has 1 aromatic carbocycles. The molecule has 2 aromatic heterocycles. The quantitative estimate of drug-likeness (QED) is 0.460. The van der Waals surface area contributed by atoms with E-state index in [1.807, 2.05) is 18.2 Å². The van der Waals surface area contributed by atoms with E-state index in [-0.39, 0.29) is 5.76 Å². The predicted molar refractivity (Wildman–Crippen MR) is 97.8 cm³/mol. The molecule has 1 aliphatic carbocycles. The molecule has 0 atom stereocenters. The van der Waals surface area contributed by atoms with E-state index in [9.17, 15) is 4.79 Å². The summed E-state index contributed by atoms with van der Waals surface area (Å²) >= 11 is 4.95. The van der Waals surface area contributed by atoms with E-state index >= 15 is 0 Å². The van der Waals surface area contributed by atoms with Crippen LogP contribution in [0.5, 0.6) is 0 Å². The number of nitrogens with one attached hydrogen (secondary N) is 1. The number of nitrogens with zero attached hydrogens (tertiary/aromatic N) is 2. The summed E-state index contributed by atoms with van der Waals surface area (Å²) in [5, 5.41) is 8.83. The van der Waals surface area contributed by atoms with Crippen LogP contribution in [0.2, 0.25) is 0 Å². The fourth-order valence-corrected chi connectivity index (χ4v) is 3.82. The van der Waals surface area contributed by atoms with Crippen LogP contribution in [0.1, 0.15) is 47.6 Å². The number of hydrogen-bond donors (Lipinski definition) is 1. The largest absolute Gasteiger partial charge is 0.460 e. The number of fused-ring (bicyclic) bond motifs is 1. The molecule has 1 saturated carbocycles. The van der Waals surface area contributed by atoms with Crippen molar-refractivity contribution in [3.63, 3.8) is 0 Å². The van der Waals surface area contributed by atoms with E-state index in [1.165, 1.54) is 24.6 Å². The van der Waals surface area contributed by atoms with Gasteiger partial charge in [-0.1, -0.05) is 27.7 Å². The lowest BCUT2D eigenvalue weighted by atomic mass is 10.1. The number of aromatic nitrogens is 3. The molecule has 2 heterocycles. The van der Waals surface area contributed by atoms with Gasteiger partial charge in [-0.15, -0.1) is 5.10 Å². The van der Waals surface area contributed by atoms with Gasteiger partial charge in [0.2, 0.25) is 10.9 Å². The summed E-state index contributed by atoms with van der Waals surface area (Å²) in [5.41, 5.74) is 1.47. The molecule has 1 fully saturated rings. The van der Waals surface area contributed by atoms with Crippen molar-refractivity contribution in [1.82, 2.24) is 15.2 Å². The molecule has 1 N–H and O–H groups in total. The molecule has 0 aliphatic heterocycles. The Labute approximate surface area is 156 Å². The molecule has 3 aromatic rings. The summed E-state index contributed by atoms with van der Waals surface area (Å²) in [4.78, 5) is 16.8. The average molecular weight is 422 g/mol. The second-order valence-electron chi connectivity index (χ2n) is 5.84. The zero-order valence-electron chi connectivity index (χ0n) is 13.5. The molecular formula is C17H16BrN3O3S. The van der Waals surface area contributed by atoms with E-state index in [4.69, 9.17) is 9.15 Å². The Bertz CT molecular complexity index is 933. The van der Waals surface area contributed by atoms with Crippen LogP contribution in [-0.4, -0.2) is 27.8 Å². The third kappa shape index (κ3) is 3.46. The van der Waals surface area contributed by atoms with Crippen molar-refractivity contribution < 1.29 is 13.9 Å². The van der Waals surface area contributed by atoms with Crippen LogP contribution in [0.4, 0.5) is 0 Å². The fraction of sp³-hybridized carbons (Fsp3) is 0.353. The Morgan fingerprint density at radius 1 is 1.48 bits per heavy atom. The number of carbonyl (C=O) groups excluding carboxylic acids is 1. The zero-order valence-corrected chi connectivity index (χ0v) is 15.9. The molecule has 25 heavy (non-hydrogen) atoms. The van der Waals surface area contributed by atoms with Gasteiger partial charge in [0, 0.05) is 27.1 Å². The van der Waals surface area contributed by atoms with Crippen LogP contribution in [0, 0.1) is 0 Å². The summed E-state index contributed by atoms with van der Waals surface area (Å²) in [7, 11) is 0. The molecular weight excluding hydrogens is 406 g/mol. The monoisotopic (exact) mass is 421 g/mol. The second kappa shape index (κ2) is 6.84. The van der Waals surface area contributed by atoms with E-state index in [1.54, 1.807) is 6.92 Å². The van der Waals surface area contributed by atoms with Crippen LogP contribution in [0.25, 0.3) is 11.0 Å². The molecule has 0 saturated heterocycles. The minimum atomic E-state index is -0.445. The lowest BCUT2D eigenvalue weighted by molar-refractivity contribution is 0.0491. The first-order valence-corrected chi connectivity index (χ1v) is 9.86. The highest BCUT2D eigenvalue weighted by atomic mass is 79.9. The average Bonchev–Trinajstić information content (AvgIpc) is 3.23. The van der Waals surface area contributed by atoms with E-state index in [0.717, 1.165) is 21.2 Å². The number of carbonyl (C=O) groups is 1. The van der Waals surface area contributed by atoms with Gasteiger partial charge in [-0.2, -0.15) is 0 Å². The number of thioether (sulfide) groups is 1. The fourth-order valence-electron chi connectivity index (χ4n) is 2.62. The SMILES string of the molecule is CCOC(=O)c1oc2ccc(Br)cc2c1CSc1n[nH]c(C2CC2)n1. The number of ether oxygens (including phenoxy) is 1. The van der Waals surface area contributed by atoms with Crippen LogP contribution in [-0.2, 0) is 10.5 Å². The summed E-state index contributed by atoms with van der Waals surface area (Å²) < 4.78 is 11.8. The molecule has 1 aliphatic rings. The number of hydrogen-bond acceptors (Lipinski definition) is 6. The van der Waals surface area contributed by atoms with E-state index < -0.39 is 5.97 Å². The van der Waals surface area contributed by atoms with Gasteiger partial charge in [0.05, 0.1) is 6.61 Å². The zero-order chi connectivity index (χ0) is 17.4. The van der Waals surface area contributed by atoms with Gasteiger partial charge in [-0.05, 0) is 38.0 Å². The highest BCUT2D eigenvalue weighted by Gasteiger charge is 2.27. The van der Waals surface area contributed by atoms with E-state index in [0.29, 0.717) is 29.0 Å². The first kappa shape index (κ1) is 16.7. The molecule has 4 rings (SSSR count). The highest BCUT2D eigenvalue weighted by Crippen LogP contribution is 2.39. The number of H-pyrrole nitrogens is 1. The number of halogens is 1. The van der Waals surface area contributed by atoms with Crippen molar-refractivity contribution in [3.05, 3.63) is 39.8 Å². The van der Waals surface area contributed by atoms with Crippen molar-refractivity contribution in [3.8, 4) is 0 Å². The maximum Gasteiger partial charge on any atom is 0.374 e. The normalized spacial score (nSPS) is 14.2. The van der Waals surface area contributed by atoms with Crippen molar-refractivity contribution >= 4 is 44.6 Å². The number of aromatic amines is 1. The Balaban J connectivity index is 1.64. The van der Waals surface area contributed by atoms with Crippen LogP contribution >= 0.6 is 27.7 Å². The predicted octanol–water partition coefficient (Wildman–Crippen LogP) is 4.66.